The number of nitrogens with one attached hydrogen (secondary N) is 3. The van der Waals surface area contributed by atoms with Gasteiger partial charge in [0.15, 0.2) is 22.4 Å². The monoisotopic (exact) mass is 473 g/mol. The molecule has 3 amide bonds. The van der Waals surface area contributed by atoms with Crippen molar-refractivity contribution in [1.82, 2.24) is 15.1 Å². The van der Waals surface area contributed by atoms with Crippen LogP contribution in [0.4, 0.5) is 20.7 Å². The number of aromatic amines is 1. The molecule has 3 aromatic rings. The molecule has 3 heterocycles. The summed E-state index contributed by atoms with van der Waals surface area (Å²) in [6.45, 7) is 6.73. The van der Waals surface area contributed by atoms with Crippen LogP contribution in [-0.4, -0.2) is 27.0 Å². The van der Waals surface area contributed by atoms with Gasteiger partial charge in [-0.3, -0.25) is 9.89 Å². The fourth-order valence-electron chi connectivity index (χ4n) is 4.81. The third-order valence-electron chi connectivity index (χ3n) is 7.09. The van der Waals surface area contributed by atoms with Crippen molar-refractivity contribution in [3.8, 4) is 0 Å². The molecule has 0 radical (unpaired) electrons. The number of hydrogen-bond donors (Lipinski definition) is 3. The molecule has 1 aliphatic heterocycles. The molecule has 0 bridgehead atoms. The first kappa shape index (κ1) is 21.8. The van der Waals surface area contributed by atoms with Gasteiger partial charge in [-0.05, 0) is 42.0 Å². The average molecular weight is 474 g/mol. The highest BCUT2D eigenvalue weighted by Gasteiger charge is 2.52. The lowest BCUT2D eigenvalue weighted by Gasteiger charge is -2.49. The Balaban J connectivity index is 1.32. The van der Waals surface area contributed by atoms with E-state index in [1.807, 2.05) is 0 Å². The molecule has 1 aliphatic carbocycles. The predicted molar refractivity (Wildman–Crippen MR) is 122 cm³/mol. The molecule has 1 fully saturated rings. The Labute approximate surface area is 194 Å². The minimum Gasteiger partial charge on any atom is -0.442 e. The molecular formula is C23H25ClFN5O3. The summed E-state index contributed by atoms with van der Waals surface area (Å²) >= 11 is 5.89. The fraction of sp³-hybridized carbons (Fsp3) is 0.435. The number of anilines is 2. The minimum absolute atomic E-state index is 0.0399. The summed E-state index contributed by atoms with van der Waals surface area (Å²) in [4.78, 5) is 27.6. The molecule has 1 aromatic carbocycles. The van der Waals surface area contributed by atoms with Gasteiger partial charge < -0.3 is 20.0 Å². The molecule has 8 nitrogen and oxygen atoms in total. The molecule has 0 saturated heterocycles. The second-order valence-corrected chi connectivity index (χ2v) is 10.2. The fourth-order valence-corrected chi connectivity index (χ4v) is 5.01. The third kappa shape index (κ3) is 3.45. The highest BCUT2D eigenvalue weighted by atomic mass is 35.5. The van der Waals surface area contributed by atoms with Crippen LogP contribution in [-0.2, 0) is 17.9 Å². The molecule has 10 heteroatoms. The SMILES string of the molecule is CC(C)(C)C1(C(=O)Nc2n[nH]c3c2CN(C(=O)Nc2c(F)ccc4cc(Cl)oc24)C3)CCC1. The zero-order valence-electron chi connectivity index (χ0n) is 18.6. The Hall–Kier alpha value is -3.07. The summed E-state index contributed by atoms with van der Waals surface area (Å²) < 4.78 is 19.8. The normalized spacial score (nSPS) is 17.1. The van der Waals surface area contributed by atoms with Gasteiger partial charge in [0.2, 0.25) is 5.91 Å². The lowest BCUT2D eigenvalue weighted by molar-refractivity contribution is -0.139. The van der Waals surface area contributed by atoms with Crippen LogP contribution < -0.4 is 10.6 Å². The van der Waals surface area contributed by atoms with Gasteiger partial charge in [-0.25, -0.2) is 9.18 Å². The largest absolute Gasteiger partial charge is 0.442 e. The molecule has 0 spiro atoms. The number of hydrogen-bond acceptors (Lipinski definition) is 4. The molecule has 2 aromatic heterocycles. The summed E-state index contributed by atoms with van der Waals surface area (Å²) in [5.74, 6) is -0.226. The van der Waals surface area contributed by atoms with Crippen LogP contribution >= 0.6 is 11.6 Å². The predicted octanol–water partition coefficient (Wildman–Crippen LogP) is 5.65. The summed E-state index contributed by atoms with van der Waals surface area (Å²) in [6, 6.07) is 3.84. The Morgan fingerprint density at radius 3 is 2.67 bits per heavy atom. The van der Waals surface area contributed by atoms with Crippen molar-refractivity contribution in [2.24, 2.45) is 10.8 Å². The maximum atomic E-state index is 14.4. The average Bonchev–Trinajstić information content (AvgIpc) is 3.36. The van der Waals surface area contributed by atoms with E-state index in [2.05, 4.69) is 41.6 Å². The van der Waals surface area contributed by atoms with Crippen molar-refractivity contribution in [1.29, 1.82) is 0 Å². The van der Waals surface area contributed by atoms with Crippen molar-refractivity contribution < 1.29 is 18.4 Å². The maximum Gasteiger partial charge on any atom is 0.322 e. The zero-order chi connectivity index (χ0) is 23.5. The Kier molecular flexibility index (Phi) is 4.93. The van der Waals surface area contributed by atoms with E-state index in [0.717, 1.165) is 30.5 Å². The van der Waals surface area contributed by atoms with Crippen LogP contribution in [0.1, 0.15) is 51.3 Å². The number of furan rings is 1. The van der Waals surface area contributed by atoms with E-state index in [-0.39, 0.29) is 40.9 Å². The van der Waals surface area contributed by atoms with Crippen LogP contribution in [0, 0.1) is 16.6 Å². The van der Waals surface area contributed by atoms with E-state index in [0.29, 0.717) is 11.2 Å². The van der Waals surface area contributed by atoms with Crippen LogP contribution in [0.2, 0.25) is 5.22 Å². The van der Waals surface area contributed by atoms with Crippen LogP contribution in [0.3, 0.4) is 0 Å². The second-order valence-electron chi connectivity index (χ2n) is 9.85. The van der Waals surface area contributed by atoms with Gasteiger partial charge in [0.05, 0.1) is 24.2 Å². The highest BCUT2D eigenvalue weighted by Crippen LogP contribution is 2.54. The maximum absolute atomic E-state index is 14.4. The number of aromatic nitrogens is 2. The number of amides is 3. The van der Waals surface area contributed by atoms with Gasteiger partial charge in [0, 0.05) is 17.0 Å². The Morgan fingerprint density at radius 1 is 1.24 bits per heavy atom. The highest BCUT2D eigenvalue weighted by molar-refractivity contribution is 6.30. The van der Waals surface area contributed by atoms with Gasteiger partial charge in [-0.1, -0.05) is 27.2 Å². The molecule has 3 N–H and O–H groups in total. The van der Waals surface area contributed by atoms with Crippen molar-refractivity contribution in [3.05, 3.63) is 40.5 Å². The first-order chi connectivity index (χ1) is 15.6. The van der Waals surface area contributed by atoms with Crippen LogP contribution in [0.5, 0.6) is 0 Å². The quantitative estimate of drug-likeness (QED) is 0.457. The topological polar surface area (TPSA) is 103 Å². The number of rotatable bonds is 3. The number of urea groups is 1. The van der Waals surface area contributed by atoms with Crippen molar-refractivity contribution in [2.45, 2.75) is 53.1 Å². The molecule has 0 atom stereocenters. The van der Waals surface area contributed by atoms with E-state index in [4.69, 9.17) is 16.0 Å². The zero-order valence-corrected chi connectivity index (χ0v) is 19.4. The molecule has 2 aliphatic rings. The summed E-state index contributed by atoms with van der Waals surface area (Å²) in [7, 11) is 0. The van der Waals surface area contributed by atoms with E-state index >= 15 is 0 Å². The van der Waals surface area contributed by atoms with Gasteiger partial charge in [0.1, 0.15) is 5.69 Å². The molecule has 174 valence electrons. The standard InChI is InChI=1S/C23H25ClFN5O3/c1-22(2,3)23(7-4-8-23)20(31)27-19-13-10-30(11-15(13)28-29-19)21(32)26-17-14(25)6-5-12-9-16(24)33-18(12)17/h5-6,9H,4,7-8,10-11H2,1-3H3,(H,26,32)(H2,27,28,29,31). The number of carbonyl (C=O) groups excluding carboxylic acids is 2. The number of fused-ring (bicyclic) bond motifs is 2. The van der Waals surface area contributed by atoms with Crippen molar-refractivity contribution >= 4 is 46.0 Å². The summed E-state index contributed by atoms with van der Waals surface area (Å²) in [5.41, 5.74) is 1.01. The lowest BCUT2D eigenvalue weighted by Crippen LogP contribution is -2.51. The number of benzene rings is 1. The van der Waals surface area contributed by atoms with E-state index in [1.54, 1.807) is 6.07 Å². The van der Waals surface area contributed by atoms with E-state index in [9.17, 15) is 14.0 Å². The third-order valence-corrected chi connectivity index (χ3v) is 7.27. The van der Waals surface area contributed by atoms with Crippen molar-refractivity contribution in [3.63, 3.8) is 0 Å². The van der Waals surface area contributed by atoms with Crippen LogP contribution in [0.15, 0.2) is 22.6 Å². The van der Waals surface area contributed by atoms with E-state index in [1.165, 1.54) is 17.0 Å². The van der Waals surface area contributed by atoms with Gasteiger partial charge >= 0.3 is 6.03 Å². The lowest BCUT2D eigenvalue weighted by atomic mass is 9.54. The van der Waals surface area contributed by atoms with Gasteiger partial charge in [0.25, 0.3) is 0 Å². The number of H-pyrrole nitrogens is 1. The summed E-state index contributed by atoms with van der Waals surface area (Å²) in [5, 5.41) is 13.4. The van der Waals surface area contributed by atoms with Gasteiger partial charge in [-0.2, -0.15) is 5.10 Å². The number of nitrogens with zero attached hydrogens (tertiary/aromatic N) is 2. The Morgan fingerprint density at radius 2 is 2.00 bits per heavy atom. The Bertz CT molecular complexity index is 1270. The molecule has 5 rings (SSSR count). The smallest absolute Gasteiger partial charge is 0.322 e. The number of carbonyl (C=O) groups is 2. The van der Waals surface area contributed by atoms with E-state index < -0.39 is 17.3 Å². The van der Waals surface area contributed by atoms with Crippen LogP contribution in [0.25, 0.3) is 11.0 Å². The molecular weight excluding hydrogens is 449 g/mol. The van der Waals surface area contributed by atoms with Gasteiger partial charge in [-0.15, -0.1) is 0 Å². The summed E-state index contributed by atoms with van der Waals surface area (Å²) in [6.07, 6.45) is 2.72. The molecule has 1 saturated carbocycles. The van der Waals surface area contributed by atoms with Crippen molar-refractivity contribution in [2.75, 3.05) is 10.6 Å². The minimum atomic E-state index is -0.623. The first-order valence-corrected chi connectivity index (χ1v) is 11.3. The first-order valence-electron chi connectivity index (χ1n) is 10.9. The second kappa shape index (κ2) is 7.48. The number of halogens is 2. The molecule has 33 heavy (non-hydrogen) atoms. The molecule has 0 unspecified atom stereocenters.